The fraction of sp³-hybridized carbons (Fsp3) is 0.385. The van der Waals surface area contributed by atoms with Crippen LogP contribution in [0.1, 0.15) is 34.6 Å². The van der Waals surface area contributed by atoms with Gasteiger partial charge in [0.2, 0.25) is 0 Å². The molecule has 74 valence electrons. The highest BCUT2D eigenvalue weighted by molar-refractivity contribution is 5.31. The molecule has 0 spiro atoms. The number of hydrogen-bond donors (Lipinski definition) is 0. The molecule has 0 saturated heterocycles. The van der Waals surface area contributed by atoms with Crippen LogP contribution in [-0.4, -0.2) is 0 Å². The van der Waals surface area contributed by atoms with Gasteiger partial charge in [0.05, 0.1) is 0 Å². The molecule has 0 fully saturated rings. The maximum absolute atomic E-state index is 2.08. The van der Waals surface area contributed by atoms with E-state index in [-0.39, 0.29) is 0 Å². The topological polar surface area (TPSA) is 0 Å². The Labute approximate surface area is 83.4 Å². The van der Waals surface area contributed by atoms with Crippen molar-refractivity contribution in [2.45, 2.75) is 34.6 Å². The van der Waals surface area contributed by atoms with Gasteiger partial charge in [-0.25, -0.2) is 0 Å². The second-order valence-electron chi connectivity index (χ2n) is 2.17. The minimum Gasteiger partial charge on any atom is -0.0877 e. The summed E-state index contributed by atoms with van der Waals surface area (Å²) in [7, 11) is 0. The van der Waals surface area contributed by atoms with Crippen molar-refractivity contribution < 1.29 is 0 Å². The van der Waals surface area contributed by atoms with Gasteiger partial charge in [0, 0.05) is 0 Å². The Morgan fingerprint density at radius 1 is 0.769 bits per heavy atom. The summed E-state index contributed by atoms with van der Waals surface area (Å²) in [4.78, 5) is 0. The zero-order valence-corrected chi connectivity index (χ0v) is 9.54. The molecule has 13 heavy (non-hydrogen) atoms. The molecule has 0 heterocycles. The molecule has 0 aliphatic carbocycles. The third-order valence-electron chi connectivity index (χ3n) is 1.28. The van der Waals surface area contributed by atoms with Gasteiger partial charge in [-0.05, 0) is 26.3 Å². The molecule has 0 N–H and O–H groups in total. The van der Waals surface area contributed by atoms with Gasteiger partial charge in [0.25, 0.3) is 0 Å². The van der Waals surface area contributed by atoms with Gasteiger partial charge < -0.3 is 0 Å². The lowest BCUT2D eigenvalue weighted by Gasteiger charge is -1.87. The first-order valence-corrected chi connectivity index (χ1v) is 4.93. The number of rotatable bonds is 3. The van der Waals surface area contributed by atoms with Crippen molar-refractivity contribution in [2.75, 3.05) is 0 Å². The fourth-order valence-corrected chi connectivity index (χ4v) is 0.718. The van der Waals surface area contributed by atoms with Crippen molar-refractivity contribution in [1.82, 2.24) is 0 Å². The Balaban J connectivity index is 0. The molecule has 0 bridgehead atoms. The van der Waals surface area contributed by atoms with Crippen molar-refractivity contribution in [3.05, 3.63) is 48.1 Å². The van der Waals surface area contributed by atoms with Crippen LogP contribution in [0.25, 0.3) is 0 Å². The molecule has 0 radical (unpaired) electrons. The maximum atomic E-state index is 2.08. The Morgan fingerprint density at radius 3 is 1.77 bits per heavy atom. The highest BCUT2D eigenvalue weighted by Crippen LogP contribution is 1.98. The molecule has 0 unspecified atom stereocenters. The normalized spacial score (nSPS) is 12.5. The molecule has 0 atom stereocenters. The standard InChI is InChI=1S/C11H16.C2H6/c1-4-7-8-10-11(6-3)9-5-2;1-2/h4-10H,1-3H3;1-2H3/b7-4-,9-5+,10-8-,11-6-;. The quantitative estimate of drug-likeness (QED) is 0.551. The third-order valence-corrected chi connectivity index (χ3v) is 1.28. The van der Waals surface area contributed by atoms with E-state index in [4.69, 9.17) is 0 Å². The summed E-state index contributed by atoms with van der Waals surface area (Å²) < 4.78 is 0. The second-order valence-corrected chi connectivity index (χ2v) is 2.17. The van der Waals surface area contributed by atoms with Crippen LogP contribution in [0.15, 0.2) is 48.1 Å². The zero-order chi connectivity index (χ0) is 10.5. The van der Waals surface area contributed by atoms with Crippen molar-refractivity contribution in [3.63, 3.8) is 0 Å². The van der Waals surface area contributed by atoms with Gasteiger partial charge in [-0.1, -0.05) is 56.4 Å². The first-order valence-electron chi connectivity index (χ1n) is 4.93. The molecular formula is C13H22. The van der Waals surface area contributed by atoms with E-state index in [0.717, 1.165) is 0 Å². The lowest BCUT2D eigenvalue weighted by molar-refractivity contribution is 1.50. The molecule has 0 aromatic heterocycles. The molecule has 0 amide bonds. The highest BCUT2D eigenvalue weighted by Gasteiger charge is 1.77. The summed E-state index contributed by atoms with van der Waals surface area (Å²) in [5.41, 5.74) is 1.24. The molecule has 0 saturated carbocycles. The van der Waals surface area contributed by atoms with Crippen LogP contribution in [-0.2, 0) is 0 Å². The van der Waals surface area contributed by atoms with Crippen LogP contribution in [0.4, 0.5) is 0 Å². The average Bonchev–Trinajstić information content (AvgIpc) is 2.20. The van der Waals surface area contributed by atoms with Crippen molar-refractivity contribution in [2.24, 2.45) is 0 Å². The van der Waals surface area contributed by atoms with Gasteiger partial charge in [-0.2, -0.15) is 0 Å². The SMILES string of the molecule is CC.C\C=C/C=C\C(=C/C)\C=C\C. The van der Waals surface area contributed by atoms with E-state index in [2.05, 4.69) is 18.2 Å². The zero-order valence-electron chi connectivity index (χ0n) is 9.54. The van der Waals surface area contributed by atoms with Crippen LogP contribution in [0.2, 0.25) is 0 Å². The molecule has 0 aliphatic rings. The molecule has 0 heteroatoms. The van der Waals surface area contributed by atoms with Crippen LogP contribution in [0.3, 0.4) is 0 Å². The minimum absolute atomic E-state index is 1.24. The van der Waals surface area contributed by atoms with Gasteiger partial charge in [-0.15, -0.1) is 0 Å². The lowest BCUT2D eigenvalue weighted by Crippen LogP contribution is -1.67. The van der Waals surface area contributed by atoms with E-state index in [1.165, 1.54) is 5.57 Å². The van der Waals surface area contributed by atoms with E-state index in [1.54, 1.807) is 0 Å². The van der Waals surface area contributed by atoms with Crippen LogP contribution < -0.4 is 0 Å². The smallest absolute Gasteiger partial charge is 0.0303 e. The summed E-state index contributed by atoms with van der Waals surface area (Å²) in [5, 5.41) is 0. The van der Waals surface area contributed by atoms with E-state index in [9.17, 15) is 0 Å². The summed E-state index contributed by atoms with van der Waals surface area (Å²) in [6, 6.07) is 0. The largest absolute Gasteiger partial charge is 0.0877 e. The van der Waals surface area contributed by atoms with E-state index in [1.807, 2.05) is 58.9 Å². The predicted octanol–water partition coefficient (Wildman–Crippen LogP) is 4.67. The maximum Gasteiger partial charge on any atom is -0.0303 e. The molecule has 0 rings (SSSR count). The summed E-state index contributed by atoms with van der Waals surface area (Å²) in [5.74, 6) is 0. The monoisotopic (exact) mass is 178 g/mol. The van der Waals surface area contributed by atoms with Crippen molar-refractivity contribution >= 4 is 0 Å². The summed E-state index contributed by atoms with van der Waals surface area (Å²) in [6.45, 7) is 10.1. The molecule has 0 nitrogen and oxygen atoms in total. The van der Waals surface area contributed by atoms with Crippen LogP contribution >= 0.6 is 0 Å². The van der Waals surface area contributed by atoms with Crippen LogP contribution in [0, 0.1) is 0 Å². The Hall–Kier alpha value is -1.04. The Morgan fingerprint density at radius 2 is 1.38 bits per heavy atom. The first kappa shape index (κ1) is 14.5. The Kier molecular flexibility index (Phi) is 15.1. The minimum atomic E-state index is 1.24. The molecule has 0 aromatic rings. The summed E-state index contributed by atoms with van der Waals surface area (Å²) in [6.07, 6.45) is 14.4. The predicted molar refractivity (Wildman–Crippen MR) is 63.9 cm³/mol. The Bertz CT molecular complexity index is 190. The van der Waals surface area contributed by atoms with E-state index >= 15 is 0 Å². The summed E-state index contributed by atoms with van der Waals surface area (Å²) >= 11 is 0. The second kappa shape index (κ2) is 13.5. The van der Waals surface area contributed by atoms with E-state index in [0.29, 0.717) is 0 Å². The molecular weight excluding hydrogens is 156 g/mol. The average molecular weight is 178 g/mol. The van der Waals surface area contributed by atoms with E-state index < -0.39 is 0 Å². The van der Waals surface area contributed by atoms with Gasteiger partial charge >= 0.3 is 0 Å². The number of allylic oxidation sites excluding steroid dienone is 8. The highest BCUT2D eigenvalue weighted by atomic mass is 13.8. The molecule has 0 aliphatic heterocycles. The van der Waals surface area contributed by atoms with Crippen molar-refractivity contribution in [1.29, 1.82) is 0 Å². The number of hydrogen-bond acceptors (Lipinski definition) is 0. The third kappa shape index (κ3) is 11.0. The van der Waals surface area contributed by atoms with Crippen molar-refractivity contribution in [3.8, 4) is 0 Å². The first-order chi connectivity index (χ1) is 6.35. The molecule has 0 aromatic carbocycles. The fourth-order valence-electron chi connectivity index (χ4n) is 0.718. The van der Waals surface area contributed by atoms with Crippen LogP contribution in [0.5, 0.6) is 0 Å². The van der Waals surface area contributed by atoms with Gasteiger partial charge in [0.1, 0.15) is 0 Å². The lowest BCUT2D eigenvalue weighted by atomic mass is 10.2. The van der Waals surface area contributed by atoms with Gasteiger partial charge in [-0.3, -0.25) is 0 Å². The van der Waals surface area contributed by atoms with Gasteiger partial charge in [0.15, 0.2) is 0 Å².